The number of nitrogens with two attached hydrogens (primary N) is 1. The van der Waals surface area contributed by atoms with Gasteiger partial charge in [0.15, 0.2) is 0 Å². The molecule has 0 saturated carbocycles. The molecule has 0 aliphatic carbocycles. The molecule has 2 heterocycles. The Balaban J connectivity index is 1.74. The molecule has 1 fully saturated rings. The number of likely N-dealkylation sites (tertiary alicyclic amines) is 1. The zero-order valence-corrected chi connectivity index (χ0v) is 11.7. The molecule has 3 rings (SSSR count). The first-order valence-corrected chi connectivity index (χ1v) is 7.13. The van der Waals surface area contributed by atoms with Gasteiger partial charge in [-0.3, -0.25) is 14.7 Å². The molecule has 1 saturated heterocycles. The molecule has 1 aliphatic heterocycles. The molecule has 6 nitrogen and oxygen atoms in total. The van der Waals surface area contributed by atoms with Gasteiger partial charge in [0.2, 0.25) is 11.8 Å². The number of aromatic amines is 1. The summed E-state index contributed by atoms with van der Waals surface area (Å²) in [6, 6.07) is 5.80. The number of nitrogens with one attached hydrogen (secondary N) is 1. The van der Waals surface area contributed by atoms with Crippen LogP contribution in [-0.2, 0) is 16.0 Å². The van der Waals surface area contributed by atoms with E-state index in [4.69, 9.17) is 5.73 Å². The summed E-state index contributed by atoms with van der Waals surface area (Å²) in [5, 5.41) is 7.93. The van der Waals surface area contributed by atoms with Crippen molar-refractivity contribution < 1.29 is 9.59 Å². The molecule has 6 heteroatoms. The summed E-state index contributed by atoms with van der Waals surface area (Å²) in [5.74, 6) is -0.503. The smallest absolute Gasteiger partial charge is 0.227 e. The predicted molar refractivity (Wildman–Crippen MR) is 78.3 cm³/mol. The fourth-order valence-electron chi connectivity index (χ4n) is 2.89. The van der Waals surface area contributed by atoms with Gasteiger partial charge in [0.05, 0.1) is 24.1 Å². The number of piperidine rings is 1. The Morgan fingerprint density at radius 1 is 1.43 bits per heavy atom. The quantitative estimate of drug-likeness (QED) is 0.875. The normalized spacial score (nSPS) is 18.9. The Kier molecular flexibility index (Phi) is 3.60. The summed E-state index contributed by atoms with van der Waals surface area (Å²) in [6.07, 6.45) is 3.65. The first-order valence-electron chi connectivity index (χ1n) is 7.13. The van der Waals surface area contributed by atoms with Crippen LogP contribution in [0, 0.1) is 5.92 Å². The molecule has 0 radical (unpaired) electrons. The number of primary amides is 1. The highest BCUT2D eigenvalue weighted by Crippen LogP contribution is 2.20. The molecule has 0 unspecified atom stereocenters. The highest BCUT2D eigenvalue weighted by molar-refractivity contribution is 5.88. The number of hydrogen-bond acceptors (Lipinski definition) is 3. The number of fused-ring (bicyclic) bond motifs is 1. The number of amides is 2. The van der Waals surface area contributed by atoms with Gasteiger partial charge in [-0.15, -0.1) is 0 Å². The Morgan fingerprint density at radius 2 is 2.29 bits per heavy atom. The predicted octanol–water partition coefficient (Wildman–Crippen LogP) is 0.829. The van der Waals surface area contributed by atoms with Gasteiger partial charge >= 0.3 is 0 Å². The van der Waals surface area contributed by atoms with Gasteiger partial charge in [-0.2, -0.15) is 5.10 Å². The van der Waals surface area contributed by atoms with Crippen LogP contribution in [0.15, 0.2) is 24.4 Å². The molecule has 0 bridgehead atoms. The molecule has 0 spiro atoms. The van der Waals surface area contributed by atoms with Crippen LogP contribution in [0.1, 0.15) is 18.4 Å². The third-order valence-electron chi connectivity index (χ3n) is 4.08. The molecule has 2 amide bonds. The second-order valence-electron chi connectivity index (χ2n) is 5.51. The minimum Gasteiger partial charge on any atom is -0.369 e. The van der Waals surface area contributed by atoms with Crippen molar-refractivity contribution in [1.29, 1.82) is 0 Å². The summed E-state index contributed by atoms with van der Waals surface area (Å²) in [6.45, 7) is 1.13. The standard InChI is InChI=1S/C15H18N4O2/c16-15(21)12-5-2-6-19(9-12)13(20)7-10-3-1-4-11-8-17-18-14(10)11/h1,3-4,8,12H,2,5-7,9H2,(H2,16,21)(H,17,18)/t12-/m0/s1. The van der Waals surface area contributed by atoms with E-state index in [9.17, 15) is 9.59 Å². The van der Waals surface area contributed by atoms with Crippen LogP contribution < -0.4 is 5.73 Å². The van der Waals surface area contributed by atoms with Gasteiger partial charge in [0, 0.05) is 18.5 Å². The number of para-hydroxylation sites is 1. The summed E-state index contributed by atoms with van der Waals surface area (Å²) in [5.41, 5.74) is 7.18. The number of hydrogen-bond donors (Lipinski definition) is 2. The van der Waals surface area contributed by atoms with Crippen molar-refractivity contribution in [3.63, 3.8) is 0 Å². The molecule has 110 valence electrons. The maximum atomic E-state index is 12.4. The van der Waals surface area contributed by atoms with E-state index in [-0.39, 0.29) is 17.7 Å². The molecule has 1 atom stereocenters. The minimum atomic E-state index is -0.317. The van der Waals surface area contributed by atoms with Crippen molar-refractivity contribution in [2.45, 2.75) is 19.3 Å². The van der Waals surface area contributed by atoms with Gasteiger partial charge in [-0.1, -0.05) is 18.2 Å². The third-order valence-corrected chi connectivity index (χ3v) is 4.08. The Bertz CT molecular complexity index is 679. The molecule has 1 aromatic heterocycles. The van der Waals surface area contributed by atoms with Crippen LogP contribution in [0.2, 0.25) is 0 Å². The lowest BCUT2D eigenvalue weighted by Crippen LogP contribution is -2.44. The van der Waals surface area contributed by atoms with E-state index in [1.807, 2.05) is 18.2 Å². The number of carbonyl (C=O) groups is 2. The highest BCUT2D eigenvalue weighted by atomic mass is 16.2. The Hall–Kier alpha value is -2.37. The van der Waals surface area contributed by atoms with Gasteiger partial charge in [-0.25, -0.2) is 0 Å². The molecule has 2 aromatic rings. The highest BCUT2D eigenvalue weighted by Gasteiger charge is 2.27. The van der Waals surface area contributed by atoms with E-state index >= 15 is 0 Å². The van der Waals surface area contributed by atoms with Gasteiger partial charge in [-0.05, 0) is 18.4 Å². The fourth-order valence-corrected chi connectivity index (χ4v) is 2.89. The van der Waals surface area contributed by atoms with Crippen LogP contribution in [0.5, 0.6) is 0 Å². The largest absolute Gasteiger partial charge is 0.369 e. The lowest BCUT2D eigenvalue weighted by atomic mass is 9.97. The number of aromatic nitrogens is 2. The Morgan fingerprint density at radius 3 is 3.10 bits per heavy atom. The summed E-state index contributed by atoms with van der Waals surface area (Å²) in [7, 11) is 0. The Labute approximate surface area is 122 Å². The zero-order valence-electron chi connectivity index (χ0n) is 11.7. The van der Waals surface area contributed by atoms with E-state index in [1.54, 1.807) is 11.1 Å². The second-order valence-corrected chi connectivity index (χ2v) is 5.51. The van der Waals surface area contributed by atoms with Crippen molar-refractivity contribution in [2.75, 3.05) is 13.1 Å². The van der Waals surface area contributed by atoms with Crippen LogP contribution in [0.25, 0.3) is 10.9 Å². The van der Waals surface area contributed by atoms with Gasteiger partial charge in [0.25, 0.3) is 0 Å². The van der Waals surface area contributed by atoms with Crippen molar-refractivity contribution in [1.82, 2.24) is 15.1 Å². The molecule has 1 aliphatic rings. The maximum Gasteiger partial charge on any atom is 0.227 e. The number of carbonyl (C=O) groups excluding carboxylic acids is 2. The van der Waals surface area contributed by atoms with Crippen LogP contribution in [0.3, 0.4) is 0 Å². The van der Waals surface area contributed by atoms with Crippen LogP contribution in [0.4, 0.5) is 0 Å². The average molecular weight is 286 g/mol. The molecule has 21 heavy (non-hydrogen) atoms. The summed E-state index contributed by atoms with van der Waals surface area (Å²) >= 11 is 0. The number of rotatable bonds is 3. The van der Waals surface area contributed by atoms with Gasteiger partial charge in [0.1, 0.15) is 0 Å². The first-order chi connectivity index (χ1) is 10.1. The number of H-pyrrole nitrogens is 1. The van der Waals surface area contributed by atoms with Crippen molar-refractivity contribution in [3.05, 3.63) is 30.0 Å². The molecular formula is C15H18N4O2. The minimum absolute atomic E-state index is 0.0306. The van der Waals surface area contributed by atoms with Gasteiger partial charge < -0.3 is 10.6 Å². The molecular weight excluding hydrogens is 268 g/mol. The molecule has 1 aromatic carbocycles. The fraction of sp³-hybridized carbons (Fsp3) is 0.400. The summed E-state index contributed by atoms with van der Waals surface area (Å²) < 4.78 is 0. The SMILES string of the molecule is NC(=O)[C@H]1CCCN(C(=O)Cc2cccc3cn[nH]c23)C1. The lowest BCUT2D eigenvalue weighted by Gasteiger charge is -2.31. The first kappa shape index (κ1) is 13.6. The van der Waals surface area contributed by atoms with E-state index in [0.29, 0.717) is 19.5 Å². The third kappa shape index (κ3) is 2.74. The van der Waals surface area contributed by atoms with Crippen molar-refractivity contribution >= 4 is 22.7 Å². The van der Waals surface area contributed by atoms with Crippen LogP contribution in [-0.4, -0.2) is 40.0 Å². The average Bonchev–Trinajstić information content (AvgIpc) is 2.97. The van der Waals surface area contributed by atoms with Crippen molar-refractivity contribution in [2.24, 2.45) is 11.7 Å². The zero-order chi connectivity index (χ0) is 14.8. The van der Waals surface area contributed by atoms with E-state index in [2.05, 4.69) is 10.2 Å². The molecule has 3 N–H and O–H groups in total. The number of nitrogens with zero attached hydrogens (tertiary/aromatic N) is 2. The summed E-state index contributed by atoms with van der Waals surface area (Å²) in [4.78, 5) is 25.5. The topological polar surface area (TPSA) is 92.1 Å². The lowest BCUT2D eigenvalue weighted by molar-refractivity contribution is -0.134. The second kappa shape index (κ2) is 5.55. The number of benzene rings is 1. The van der Waals surface area contributed by atoms with E-state index in [0.717, 1.165) is 29.3 Å². The van der Waals surface area contributed by atoms with E-state index < -0.39 is 0 Å². The monoisotopic (exact) mass is 286 g/mol. The van der Waals surface area contributed by atoms with Crippen molar-refractivity contribution in [3.8, 4) is 0 Å². The van der Waals surface area contributed by atoms with Crippen LogP contribution >= 0.6 is 0 Å². The van der Waals surface area contributed by atoms with E-state index in [1.165, 1.54) is 0 Å². The maximum absolute atomic E-state index is 12.4.